The van der Waals surface area contributed by atoms with Crippen molar-refractivity contribution in [1.29, 1.82) is 0 Å². The summed E-state index contributed by atoms with van der Waals surface area (Å²) < 4.78 is 5.35. The van der Waals surface area contributed by atoms with Crippen LogP contribution in [0, 0.1) is 0 Å². The molecule has 106 valence electrons. The maximum Gasteiger partial charge on any atom is 0.415 e. The van der Waals surface area contributed by atoms with Gasteiger partial charge in [0.05, 0.1) is 0 Å². The van der Waals surface area contributed by atoms with Crippen LogP contribution in [0.25, 0.3) is 0 Å². The largest absolute Gasteiger partial charge is 0.415 e. The summed E-state index contributed by atoms with van der Waals surface area (Å²) in [6, 6.07) is 5.41. The van der Waals surface area contributed by atoms with Crippen LogP contribution < -0.4 is 10.1 Å². The van der Waals surface area contributed by atoms with Gasteiger partial charge in [-0.1, -0.05) is 6.07 Å². The van der Waals surface area contributed by atoms with Gasteiger partial charge in [0.25, 0.3) is 0 Å². The lowest BCUT2D eigenvalue weighted by molar-refractivity contribution is -0.131. The lowest BCUT2D eigenvalue weighted by Crippen LogP contribution is -2.62. The summed E-state index contributed by atoms with van der Waals surface area (Å²) in [5, 5.41) is 2.61. The molecular formula is C15H18N2O3. The highest BCUT2D eigenvalue weighted by atomic mass is 16.6. The molecule has 5 nitrogen and oxygen atoms in total. The predicted molar refractivity (Wildman–Crippen MR) is 73.7 cm³/mol. The number of fused-ring (bicyclic) bond motifs is 1. The number of rotatable bonds is 2. The summed E-state index contributed by atoms with van der Waals surface area (Å²) in [5.74, 6) is 0.428. The number of nitrogens with one attached hydrogen (secondary N) is 1. The minimum Gasteiger partial charge on any atom is -0.410 e. The van der Waals surface area contributed by atoms with Crippen LogP contribution in [0.1, 0.15) is 24.0 Å². The Labute approximate surface area is 117 Å². The Hall–Kier alpha value is -2.04. The minimum atomic E-state index is -0.486. The van der Waals surface area contributed by atoms with E-state index in [4.69, 9.17) is 4.74 Å². The Bertz CT molecular complexity index is 556. The summed E-state index contributed by atoms with van der Waals surface area (Å²) in [6.45, 7) is 0.495. The van der Waals surface area contributed by atoms with Gasteiger partial charge in [-0.05, 0) is 48.9 Å². The Kier molecular flexibility index (Phi) is 3.34. The van der Waals surface area contributed by atoms with E-state index >= 15 is 0 Å². The van der Waals surface area contributed by atoms with Gasteiger partial charge in [-0.25, -0.2) is 4.79 Å². The van der Waals surface area contributed by atoms with E-state index in [1.165, 1.54) is 28.9 Å². The van der Waals surface area contributed by atoms with Crippen molar-refractivity contribution in [3.8, 4) is 5.75 Å². The average Bonchev–Trinajstić information content (AvgIpc) is 2.45. The summed E-state index contributed by atoms with van der Waals surface area (Å²) >= 11 is 0. The second kappa shape index (κ2) is 5.15. The number of hydrogen-bond acceptors (Lipinski definition) is 3. The van der Waals surface area contributed by atoms with E-state index in [0.29, 0.717) is 12.3 Å². The molecule has 1 aromatic carbocycles. The molecule has 1 N–H and O–H groups in total. The molecular weight excluding hydrogens is 256 g/mol. The maximum absolute atomic E-state index is 12.0. The molecule has 0 radical (unpaired) electrons. The molecule has 1 heterocycles. The Morgan fingerprint density at radius 2 is 2.05 bits per heavy atom. The first-order valence-corrected chi connectivity index (χ1v) is 6.99. The number of ether oxygens (including phenoxy) is 1. The molecule has 0 bridgehead atoms. The van der Waals surface area contributed by atoms with Crippen LogP contribution in [0.4, 0.5) is 4.79 Å². The van der Waals surface area contributed by atoms with Crippen LogP contribution in [0.3, 0.4) is 0 Å². The zero-order valence-electron chi connectivity index (χ0n) is 11.5. The highest BCUT2D eigenvalue weighted by molar-refractivity contribution is 5.91. The number of likely N-dealkylation sites (N-methyl/N-ethyl adjacent to an activating group) is 1. The van der Waals surface area contributed by atoms with Crippen molar-refractivity contribution in [3.05, 3.63) is 29.3 Å². The second-order valence-corrected chi connectivity index (χ2v) is 5.38. The zero-order valence-corrected chi connectivity index (χ0v) is 11.5. The first kappa shape index (κ1) is 13.0. The number of benzene rings is 1. The van der Waals surface area contributed by atoms with Gasteiger partial charge < -0.3 is 10.1 Å². The van der Waals surface area contributed by atoms with Gasteiger partial charge in [0.15, 0.2) is 0 Å². The van der Waals surface area contributed by atoms with Gasteiger partial charge in [-0.3, -0.25) is 9.69 Å². The van der Waals surface area contributed by atoms with Crippen LogP contribution in [-0.4, -0.2) is 36.5 Å². The van der Waals surface area contributed by atoms with Gasteiger partial charge in [0.2, 0.25) is 5.91 Å². The molecule has 1 fully saturated rings. The van der Waals surface area contributed by atoms with Crippen LogP contribution in [-0.2, 0) is 17.6 Å². The predicted octanol–water partition coefficient (Wildman–Crippen LogP) is 1.49. The fourth-order valence-corrected chi connectivity index (χ4v) is 2.66. The number of aryl methyl sites for hydroxylation is 2. The molecule has 20 heavy (non-hydrogen) atoms. The van der Waals surface area contributed by atoms with Crippen molar-refractivity contribution >= 4 is 12.0 Å². The fraction of sp³-hybridized carbons (Fsp3) is 0.467. The fourth-order valence-electron chi connectivity index (χ4n) is 2.66. The number of nitrogens with zero attached hydrogens (tertiary/aromatic N) is 1. The standard InChI is InChI=1S/C15H18N2O3/c1-17(13-9-16-14(13)18)15(19)20-12-7-6-10-4-2-3-5-11(10)8-12/h6-8,13H,2-5,9H2,1H3,(H,16,18)/t13-/m0/s1. The SMILES string of the molecule is CN(C(=O)Oc1ccc2c(c1)CCCC2)[C@H]1CNC1=O. The number of carbonyl (C=O) groups is 2. The lowest BCUT2D eigenvalue weighted by atomic mass is 9.92. The molecule has 1 saturated heterocycles. The van der Waals surface area contributed by atoms with E-state index < -0.39 is 12.1 Å². The highest BCUT2D eigenvalue weighted by Gasteiger charge is 2.35. The monoisotopic (exact) mass is 274 g/mol. The van der Waals surface area contributed by atoms with E-state index in [9.17, 15) is 9.59 Å². The van der Waals surface area contributed by atoms with Crippen molar-refractivity contribution in [2.45, 2.75) is 31.7 Å². The third kappa shape index (κ3) is 2.35. The van der Waals surface area contributed by atoms with Crippen LogP contribution in [0.5, 0.6) is 5.75 Å². The first-order chi connectivity index (χ1) is 9.65. The molecule has 0 aromatic heterocycles. The van der Waals surface area contributed by atoms with Gasteiger partial charge in [0.1, 0.15) is 11.8 Å². The summed E-state index contributed by atoms with van der Waals surface area (Å²) in [5.41, 5.74) is 2.62. The lowest BCUT2D eigenvalue weighted by Gasteiger charge is -2.33. The topological polar surface area (TPSA) is 58.6 Å². The van der Waals surface area contributed by atoms with Crippen molar-refractivity contribution < 1.29 is 14.3 Å². The number of hydrogen-bond donors (Lipinski definition) is 1. The molecule has 0 saturated carbocycles. The molecule has 2 amide bonds. The molecule has 5 heteroatoms. The van der Waals surface area contributed by atoms with Gasteiger partial charge in [0, 0.05) is 13.6 Å². The maximum atomic E-state index is 12.0. The quantitative estimate of drug-likeness (QED) is 0.831. The third-order valence-electron chi connectivity index (χ3n) is 4.05. The summed E-state index contributed by atoms with van der Waals surface area (Å²) in [7, 11) is 1.59. The zero-order chi connectivity index (χ0) is 14.1. The van der Waals surface area contributed by atoms with Crippen molar-refractivity contribution in [1.82, 2.24) is 10.2 Å². The van der Waals surface area contributed by atoms with Gasteiger partial charge >= 0.3 is 6.09 Å². The summed E-state index contributed by atoms with van der Waals surface area (Å²) in [4.78, 5) is 24.6. The minimum absolute atomic E-state index is 0.130. The summed E-state index contributed by atoms with van der Waals surface area (Å²) in [6.07, 6.45) is 4.08. The number of β-lactam (4-membered cyclic amide) rings is 1. The van der Waals surface area contributed by atoms with Gasteiger partial charge in [-0.15, -0.1) is 0 Å². The van der Waals surface area contributed by atoms with Crippen LogP contribution >= 0.6 is 0 Å². The van der Waals surface area contributed by atoms with E-state index in [-0.39, 0.29) is 5.91 Å². The van der Waals surface area contributed by atoms with Gasteiger partial charge in [-0.2, -0.15) is 0 Å². The second-order valence-electron chi connectivity index (χ2n) is 5.38. The Morgan fingerprint density at radius 3 is 2.70 bits per heavy atom. The van der Waals surface area contributed by atoms with E-state index in [0.717, 1.165) is 12.8 Å². The molecule has 0 unspecified atom stereocenters. The van der Waals surface area contributed by atoms with E-state index in [1.54, 1.807) is 7.05 Å². The highest BCUT2D eigenvalue weighted by Crippen LogP contribution is 2.25. The molecule has 2 aliphatic rings. The van der Waals surface area contributed by atoms with E-state index in [1.807, 2.05) is 18.2 Å². The number of amides is 2. The third-order valence-corrected chi connectivity index (χ3v) is 4.05. The smallest absolute Gasteiger partial charge is 0.410 e. The van der Waals surface area contributed by atoms with Crippen molar-refractivity contribution in [2.75, 3.05) is 13.6 Å². The molecule has 3 rings (SSSR count). The van der Waals surface area contributed by atoms with Crippen molar-refractivity contribution in [2.24, 2.45) is 0 Å². The molecule has 1 aliphatic carbocycles. The molecule has 1 aliphatic heterocycles. The van der Waals surface area contributed by atoms with Crippen LogP contribution in [0.2, 0.25) is 0 Å². The van der Waals surface area contributed by atoms with Crippen LogP contribution in [0.15, 0.2) is 18.2 Å². The molecule has 0 spiro atoms. The average molecular weight is 274 g/mol. The Balaban J connectivity index is 1.68. The van der Waals surface area contributed by atoms with Crippen molar-refractivity contribution in [3.63, 3.8) is 0 Å². The molecule has 1 atom stereocenters. The Morgan fingerprint density at radius 1 is 1.30 bits per heavy atom. The number of carbonyl (C=O) groups excluding carboxylic acids is 2. The first-order valence-electron chi connectivity index (χ1n) is 6.99. The van der Waals surface area contributed by atoms with E-state index in [2.05, 4.69) is 5.32 Å². The normalized spacial score (nSPS) is 20.4. The molecule has 1 aromatic rings.